The molecule has 11 heavy (non-hydrogen) atoms. The van der Waals surface area contributed by atoms with E-state index in [-0.39, 0.29) is 0 Å². The van der Waals surface area contributed by atoms with Crippen molar-refractivity contribution in [3.8, 4) is 0 Å². The molecule has 0 saturated carbocycles. The van der Waals surface area contributed by atoms with Gasteiger partial charge in [-0.3, -0.25) is 0 Å². The highest BCUT2D eigenvalue weighted by Gasteiger charge is 2.00. The predicted molar refractivity (Wildman–Crippen MR) is 41.1 cm³/mol. The van der Waals surface area contributed by atoms with E-state index in [1.807, 2.05) is 6.92 Å². The lowest BCUT2D eigenvalue weighted by Crippen LogP contribution is -1.80. The van der Waals surface area contributed by atoms with Gasteiger partial charge in [-0.15, -0.1) is 0 Å². The molecule has 0 bridgehead atoms. The summed E-state index contributed by atoms with van der Waals surface area (Å²) >= 11 is 0. The number of hydrogen-bond acceptors (Lipinski definition) is 3. The third-order valence-electron chi connectivity index (χ3n) is 1.52. The van der Waals surface area contributed by atoms with Crippen LogP contribution in [0.4, 0.5) is 0 Å². The molecule has 2 aromatic rings. The van der Waals surface area contributed by atoms with Gasteiger partial charge in [-0.05, 0) is 0 Å². The average Bonchev–Trinajstić information content (AvgIpc) is 2.46. The van der Waals surface area contributed by atoms with E-state index >= 15 is 0 Å². The molecule has 1 N–H and O–H groups in total. The van der Waals surface area contributed by atoms with E-state index in [1.54, 1.807) is 12.4 Å². The van der Waals surface area contributed by atoms with E-state index in [4.69, 9.17) is 0 Å². The molecular formula is C7H8N4. The minimum absolute atomic E-state index is 0.698. The number of aryl methyl sites for hydroxylation is 1. The lowest BCUT2D eigenvalue weighted by Gasteiger charge is -1.81. The van der Waals surface area contributed by atoms with Crippen LogP contribution in [-0.2, 0) is 6.42 Å². The molecule has 0 aromatic carbocycles. The molecule has 0 aliphatic heterocycles. The number of aromatic amines is 1. The van der Waals surface area contributed by atoms with Gasteiger partial charge in [0.1, 0.15) is 5.82 Å². The molecule has 56 valence electrons. The largest absolute Gasteiger partial charge is 0.325 e. The molecular weight excluding hydrogens is 140 g/mol. The Hall–Kier alpha value is -1.45. The summed E-state index contributed by atoms with van der Waals surface area (Å²) in [5.41, 5.74) is 1.47. The molecule has 0 aliphatic rings. The smallest absolute Gasteiger partial charge is 0.197 e. The third kappa shape index (κ3) is 0.960. The first-order valence-electron chi connectivity index (χ1n) is 3.55. The number of H-pyrrole nitrogens is 1. The van der Waals surface area contributed by atoms with Crippen LogP contribution in [0, 0.1) is 0 Å². The summed E-state index contributed by atoms with van der Waals surface area (Å²) in [7, 11) is 0. The Morgan fingerprint density at radius 2 is 2.18 bits per heavy atom. The number of aromatic nitrogens is 4. The number of nitrogens with zero attached hydrogens (tertiary/aromatic N) is 3. The topological polar surface area (TPSA) is 54.5 Å². The molecule has 0 radical (unpaired) electrons. The minimum atomic E-state index is 0.698. The Morgan fingerprint density at radius 3 is 2.91 bits per heavy atom. The SMILES string of the molecule is CCc1nc2nccnc2[nH]1. The van der Waals surface area contributed by atoms with Gasteiger partial charge in [-0.25, -0.2) is 15.0 Å². The van der Waals surface area contributed by atoms with Gasteiger partial charge in [0.25, 0.3) is 0 Å². The Morgan fingerprint density at radius 1 is 1.36 bits per heavy atom. The first kappa shape index (κ1) is 6.27. The first-order valence-corrected chi connectivity index (χ1v) is 3.55. The van der Waals surface area contributed by atoms with Crippen molar-refractivity contribution in [2.24, 2.45) is 0 Å². The van der Waals surface area contributed by atoms with Crippen LogP contribution in [0.3, 0.4) is 0 Å². The lowest BCUT2D eigenvalue weighted by atomic mass is 10.5. The van der Waals surface area contributed by atoms with E-state index in [2.05, 4.69) is 19.9 Å². The van der Waals surface area contributed by atoms with Crippen molar-refractivity contribution in [2.75, 3.05) is 0 Å². The molecule has 0 saturated heterocycles. The van der Waals surface area contributed by atoms with E-state index < -0.39 is 0 Å². The molecule has 4 heteroatoms. The molecule has 2 aromatic heterocycles. The van der Waals surface area contributed by atoms with Crippen LogP contribution in [-0.4, -0.2) is 19.9 Å². The summed E-state index contributed by atoms with van der Waals surface area (Å²) < 4.78 is 0. The normalized spacial score (nSPS) is 10.6. The molecule has 0 fully saturated rings. The van der Waals surface area contributed by atoms with Crippen molar-refractivity contribution < 1.29 is 0 Å². The van der Waals surface area contributed by atoms with Gasteiger partial charge in [0, 0.05) is 18.8 Å². The highest BCUT2D eigenvalue weighted by molar-refractivity contribution is 5.64. The fourth-order valence-electron chi connectivity index (χ4n) is 0.961. The fraction of sp³-hybridized carbons (Fsp3) is 0.286. The summed E-state index contributed by atoms with van der Waals surface area (Å²) in [6.45, 7) is 2.04. The quantitative estimate of drug-likeness (QED) is 0.654. The van der Waals surface area contributed by atoms with Gasteiger partial charge in [-0.1, -0.05) is 6.92 Å². The maximum absolute atomic E-state index is 4.20. The molecule has 2 rings (SSSR count). The predicted octanol–water partition coefficient (Wildman–Crippen LogP) is 0.915. The number of rotatable bonds is 1. The van der Waals surface area contributed by atoms with Crippen molar-refractivity contribution in [3.63, 3.8) is 0 Å². The van der Waals surface area contributed by atoms with Crippen LogP contribution >= 0.6 is 0 Å². The van der Waals surface area contributed by atoms with Crippen molar-refractivity contribution in [1.82, 2.24) is 19.9 Å². The van der Waals surface area contributed by atoms with E-state index in [0.717, 1.165) is 17.9 Å². The number of imidazole rings is 1. The van der Waals surface area contributed by atoms with Gasteiger partial charge >= 0.3 is 0 Å². The monoisotopic (exact) mass is 148 g/mol. The molecule has 4 nitrogen and oxygen atoms in total. The van der Waals surface area contributed by atoms with Gasteiger partial charge < -0.3 is 4.98 Å². The lowest BCUT2D eigenvalue weighted by molar-refractivity contribution is 0.995. The first-order chi connectivity index (χ1) is 5.40. The van der Waals surface area contributed by atoms with E-state index in [1.165, 1.54) is 0 Å². The second-order valence-corrected chi connectivity index (χ2v) is 2.27. The van der Waals surface area contributed by atoms with Crippen molar-refractivity contribution >= 4 is 11.3 Å². The Balaban J connectivity index is 2.69. The number of nitrogens with one attached hydrogen (secondary N) is 1. The Kier molecular flexibility index (Phi) is 1.31. The van der Waals surface area contributed by atoms with Crippen LogP contribution in [0.1, 0.15) is 12.7 Å². The number of fused-ring (bicyclic) bond motifs is 1. The van der Waals surface area contributed by atoms with Crippen LogP contribution in [0.2, 0.25) is 0 Å². The van der Waals surface area contributed by atoms with Gasteiger partial charge in [-0.2, -0.15) is 0 Å². The molecule has 0 aliphatic carbocycles. The van der Waals surface area contributed by atoms with E-state index in [0.29, 0.717) is 5.65 Å². The molecule has 2 heterocycles. The maximum Gasteiger partial charge on any atom is 0.197 e. The standard InChI is InChI=1S/C7H8N4/c1-2-5-10-6-7(11-5)9-4-3-8-6/h3-4H,2H2,1H3,(H,8,9,10,11). The van der Waals surface area contributed by atoms with Crippen LogP contribution in [0.25, 0.3) is 11.3 Å². The zero-order valence-electron chi connectivity index (χ0n) is 6.20. The molecule has 0 unspecified atom stereocenters. The van der Waals surface area contributed by atoms with Crippen molar-refractivity contribution in [2.45, 2.75) is 13.3 Å². The van der Waals surface area contributed by atoms with E-state index in [9.17, 15) is 0 Å². The van der Waals surface area contributed by atoms with Crippen molar-refractivity contribution in [1.29, 1.82) is 0 Å². The van der Waals surface area contributed by atoms with Gasteiger partial charge in [0.2, 0.25) is 0 Å². The van der Waals surface area contributed by atoms with Crippen LogP contribution in [0.5, 0.6) is 0 Å². The summed E-state index contributed by atoms with van der Waals surface area (Å²) in [5.74, 6) is 0.936. The third-order valence-corrected chi connectivity index (χ3v) is 1.52. The average molecular weight is 148 g/mol. The van der Waals surface area contributed by atoms with Crippen molar-refractivity contribution in [3.05, 3.63) is 18.2 Å². The van der Waals surface area contributed by atoms with Crippen LogP contribution < -0.4 is 0 Å². The second-order valence-electron chi connectivity index (χ2n) is 2.27. The summed E-state index contributed by atoms with van der Waals surface area (Å²) in [6.07, 6.45) is 4.18. The molecule has 0 amide bonds. The summed E-state index contributed by atoms with van der Waals surface area (Å²) in [5, 5.41) is 0. The Bertz CT molecular complexity index is 332. The highest BCUT2D eigenvalue weighted by atomic mass is 15.0. The second kappa shape index (κ2) is 2.30. The van der Waals surface area contributed by atoms with Gasteiger partial charge in [0.05, 0.1) is 0 Å². The fourth-order valence-corrected chi connectivity index (χ4v) is 0.961. The minimum Gasteiger partial charge on any atom is -0.325 e. The molecule has 0 atom stereocenters. The zero-order valence-corrected chi connectivity index (χ0v) is 6.20. The van der Waals surface area contributed by atoms with Crippen LogP contribution in [0.15, 0.2) is 12.4 Å². The highest BCUT2D eigenvalue weighted by Crippen LogP contribution is 2.03. The summed E-state index contributed by atoms with van der Waals surface area (Å²) in [4.78, 5) is 15.4. The number of hydrogen-bond donors (Lipinski definition) is 1. The summed E-state index contributed by atoms with van der Waals surface area (Å²) in [6, 6.07) is 0. The molecule has 0 spiro atoms. The zero-order chi connectivity index (χ0) is 7.68. The van der Waals surface area contributed by atoms with Gasteiger partial charge in [0.15, 0.2) is 11.3 Å². The Labute approximate surface area is 63.7 Å². The maximum atomic E-state index is 4.20.